The number of hydrogen-bond acceptors (Lipinski definition) is 8. The zero-order valence-corrected chi connectivity index (χ0v) is 17.0. The fourth-order valence-electron chi connectivity index (χ4n) is 3.43. The van der Waals surface area contributed by atoms with Crippen LogP contribution in [0, 0.1) is 12.8 Å². The molecule has 1 aliphatic carbocycles. The second kappa shape index (κ2) is 8.42. The molecule has 2 aliphatic rings. The molecule has 1 fully saturated rings. The number of aliphatic hydroxyl groups is 1. The molecular weight excluding hydrogens is 392 g/mol. The van der Waals surface area contributed by atoms with Crippen molar-refractivity contribution in [3.05, 3.63) is 50.7 Å². The Morgan fingerprint density at radius 1 is 1.38 bits per heavy atom. The van der Waals surface area contributed by atoms with Crippen LogP contribution in [0.1, 0.15) is 44.5 Å². The highest BCUT2D eigenvalue weighted by Crippen LogP contribution is 2.33. The highest BCUT2D eigenvalue weighted by atomic mass is 32.1. The van der Waals surface area contributed by atoms with Crippen LogP contribution < -0.4 is 0 Å². The zero-order valence-electron chi connectivity index (χ0n) is 16.1. The number of aryl methyl sites for hydroxylation is 2. The number of hydrogen-bond donors (Lipinski definition) is 1. The lowest BCUT2D eigenvalue weighted by atomic mass is 9.93. The van der Waals surface area contributed by atoms with E-state index in [1.807, 2.05) is 6.92 Å². The molecule has 2 aromatic rings. The van der Waals surface area contributed by atoms with Crippen molar-refractivity contribution in [1.29, 1.82) is 0 Å². The number of thiazole rings is 1. The highest BCUT2D eigenvalue weighted by molar-refractivity contribution is 7.14. The summed E-state index contributed by atoms with van der Waals surface area (Å²) in [6.07, 6.45) is 3.46. The van der Waals surface area contributed by atoms with E-state index in [0.717, 1.165) is 12.1 Å². The molecule has 1 aliphatic heterocycles. The van der Waals surface area contributed by atoms with Gasteiger partial charge >= 0.3 is 5.97 Å². The number of rotatable bonds is 5. The number of carbonyl (C=O) groups excluding carboxylic acids is 2. The topological polar surface area (TPSA) is 98.6 Å². The first-order valence-electron chi connectivity index (χ1n) is 9.63. The SMILES string of the molecule is Cc1ccc(C(O)=C2CCc3nc(CC(=O)OCC4CCOC4)sc3C2=O)cn1. The number of ketones is 1. The van der Waals surface area contributed by atoms with Gasteiger partial charge in [0.15, 0.2) is 0 Å². The molecule has 4 rings (SSSR count). The van der Waals surface area contributed by atoms with E-state index in [2.05, 4.69) is 9.97 Å². The summed E-state index contributed by atoms with van der Waals surface area (Å²) in [6, 6.07) is 3.54. The second-order valence-corrected chi connectivity index (χ2v) is 8.40. The maximum Gasteiger partial charge on any atom is 0.312 e. The van der Waals surface area contributed by atoms with E-state index in [-0.39, 0.29) is 29.9 Å². The van der Waals surface area contributed by atoms with Crippen LogP contribution in [-0.4, -0.2) is 46.6 Å². The highest BCUT2D eigenvalue weighted by Gasteiger charge is 2.30. The van der Waals surface area contributed by atoms with Crippen LogP contribution in [0.4, 0.5) is 0 Å². The molecule has 1 N–H and O–H groups in total. The molecule has 1 unspecified atom stereocenters. The summed E-state index contributed by atoms with van der Waals surface area (Å²) in [5.74, 6) is -0.359. The minimum Gasteiger partial charge on any atom is -0.507 e. The number of Topliss-reactive ketones (excluding diaryl/α,β-unsaturated/α-hetero) is 1. The second-order valence-electron chi connectivity index (χ2n) is 7.32. The molecule has 152 valence electrons. The summed E-state index contributed by atoms with van der Waals surface area (Å²) in [6.45, 7) is 3.55. The molecule has 7 nitrogen and oxygen atoms in total. The predicted octanol–water partition coefficient (Wildman–Crippen LogP) is 3.07. The normalized spacial score (nSPS) is 20.4. The van der Waals surface area contributed by atoms with Crippen LogP contribution in [0.2, 0.25) is 0 Å². The zero-order chi connectivity index (χ0) is 20.4. The summed E-state index contributed by atoms with van der Waals surface area (Å²) in [5.41, 5.74) is 2.41. The minimum atomic E-state index is -0.347. The Morgan fingerprint density at radius 3 is 2.97 bits per heavy atom. The predicted molar refractivity (Wildman–Crippen MR) is 107 cm³/mol. The molecule has 0 amide bonds. The van der Waals surface area contributed by atoms with Gasteiger partial charge in [-0.25, -0.2) is 4.98 Å². The molecule has 8 heteroatoms. The molecule has 0 saturated carbocycles. The third-order valence-corrected chi connectivity index (χ3v) is 6.20. The van der Waals surface area contributed by atoms with Gasteiger partial charge < -0.3 is 14.6 Å². The molecule has 1 saturated heterocycles. The number of nitrogens with zero attached hydrogens (tertiary/aromatic N) is 2. The first-order chi connectivity index (χ1) is 14.0. The summed E-state index contributed by atoms with van der Waals surface area (Å²) in [5, 5.41) is 11.1. The van der Waals surface area contributed by atoms with Crippen molar-refractivity contribution in [3.63, 3.8) is 0 Å². The quantitative estimate of drug-likeness (QED) is 0.456. The lowest BCUT2D eigenvalue weighted by Crippen LogP contribution is -2.15. The molecule has 3 heterocycles. The fraction of sp³-hybridized carbons (Fsp3) is 0.429. The lowest BCUT2D eigenvalue weighted by Gasteiger charge is -2.14. The van der Waals surface area contributed by atoms with Crippen LogP contribution in [-0.2, 0) is 27.1 Å². The first-order valence-corrected chi connectivity index (χ1v) is 10.4. The van der Waals surface area contributed by atoms with E-state index >= 15 is 0 Å². The molecule has 0 radical (unpaired) electrons. The minimum absolute atomic E-state index is 0.0405. The Bertz CT molecular complexity index is 958. The molecule has 0 aromatic carbocycles. The van der Waals surface area contributed by atoms with E-state index < -0.39 is 0 Å². The van der Waals surface area contributed by atoms with Gasteiger partial charge in [-0.1, -0.05) is 0 Å². The van der Waals surface area contributed by atoms with Crippen molar-refractivity contribution < 1.29 is 24.2 Å². The maximum atomic E-state index is 12.9. The molecule has 0 spiro atoms. The molecule has 2 aromatic heterocycles. The molecular formula is C21H22N2O5S. The Kier molecular flexibility index (Phi) is 5.73. The van der Waals surface area contributed by atoms with Gasteiger partial charge in [0, 0.05) is 35.6 Å². The number of aliphatic hydroxyl groups excluding tert-OH is 1. The Balaban J connectivity index is 1.45. The van der Waals surface area contributed by atoms with Gasteiger partial charge in [-0.05, 0) is 38.3 Å². The third kappa shape index (κ3) is 4.38. The summed E-state index contributed by atoms with van der Waals surface area (Å²) < 4.78 is 10.6. The number of ether oxygens (including phenoxy) is 2. The number of esters is 1. The largest absolute Gasteiger partial charge is 0.507 e. The Hall–Kier alpha value is -2.58. The molecule has 29 heavy (non-hydrogen) atoms. The Morgan fingerprint density at radius 2 is 2.24 bits per heavy atom. The van der Waals surface area contributed by atoms with Crippen LogP contribution in [0.15, 0.2) is 23.9 Å². The van der Waals surface area contributed by atoms with Gasteiger partial charge in [-0.2, -0.15) is 0 Å². The van der Waals surface area contributed by atoms with Crippen LogP contribution in [0.3, 0.4) is 0 Å². The van der Waals surface area contributed by atoms with E-state index in [0.29, 0.717) is 59.4 Å². The molecule has 0 bridgehead atoms. The average Bonchev–Trinajstić information content (AvgIpc) is 3.36. The number of allylic oxidation sites excluding steroid dienone is 1. The molecule has 1 atom stereocenters. The van der Waals surface area contributed by atoms with Gasteiger partial charge in [0.1, 0.15) is 10.8 Å². The first kappa shape index (κ1) is 19.7. The lowest BCUT2D eigenvalue weighted by molar-refractivity contribution is -0.144. The van der Waals surface area contributed by atoms with Gasteiger partial charge in [0.2, 0.25) is 5.78 Å². The monoisotopic (exact) mass is 414 g/mol. The van der Waals surface area contributed by atoms with Crippen molar-refractivity contribution >= 4 is 28.8 Å². The maximum absolute atomic E-state index is 12.9. The van der Waals surface area contributed by atoms with Crippen molar-refractivity contribution in [2.75, 3.05) is 19.8 Å². The van der Waals surface area contributed by atoms with Gasteiger partial charge in [-0.15, -0.1) is 11.3 Å². The third-order valence-electron chi connectivity index (χ3n) is 5.10. The summed E-state index contributed by atoms with van der Waals surface area (Å²) in [7, 11) is 0. The van der Waals surface area contributed by atoms with Crippen molar-refractivity contribution in [2.45, 2.75) is 32.6 Å². The summed E-state index contributed by atoms with van der Waals surface area (Å²) >= 11 is 1.20. The van der Waals surface area contributed by atoms with E-state index in [4.69, 9.17) is 9.47 Å². The van der Waals surface area contributed by atoms with Gasteiger partial charge in [0.25, 0.3) is 0 Å². The standard InChI is InChI=1S/C21H22N2O5S/c1-12-2-3-14(9-22-12)19(25)15-4-5-16-21(20(15)26)29-17(23-16)8-18(24)28-11-13-6-7-27-10-13/h2-3,9,13,25H,4-8,10-11H2,1H3. The van der Waals surface area contributed by atoms with Crippen molar-refractivity contribution in [3.8, 4) is 0 Å². The van der Waals surface area contributed by atoms with E-state index in [9.17, 15) is 14.7 Å². The summed E-state index contributed by atoms with van der Waals surface area (Å²) in [4.78, 5) is 34.1. The van der Waals surface area contributed by atoms with E-state index in [1.54, 1.807) is 18.3 Å². The van der Waals surface area contributed by atoms with Crippen molar-refractivity contribution in [2.24, 2.45) is 5.92 Å². The van der Waals surface area contributed by atoms with Crippen LogP contribution >= 0.6 is 11.3 Å². The van der Waals surface area contributed by atoms with Gasteiger partial charge in [-0.3, -0.25) is 14.6 Å². The number of carbonyl (C=O) groups is 2. The average molecular weight is 414 g/mol. The fourth-order valence-corrected chi connectivity index (χ4v) is 4.49. The Labute approximate surface area is 172 Å². The van der Waals surface area contributed by atoms with Crippen molar-refractivity contribution in [1.82, 2.24) is 9.97 Å². The van der Waals surface area contributed by atoms with Crippen LogP contribution in [0.25, 0.3) is 5.76 Å². The van der Waals surface area contributed by atoms with Crippen LogP contribution in [0.5, 0.6) is 0 Å². The van der Waals surface area contributed by atoms with E-state index in [1.165, 1.54) is 11.3 Å². The van der Waals surface area contributed by atoms with Gasteiger partial charge in [0.05, 0.1) is 30.2 Å². The number of fused-ring (bicyclic) bond motifs is 1. The number of pyridine rings is 1. The number of aromatic nitrogens is 2. The smallest absolute Gasteiger partial charge is 0.312 e.